The van der Waals surface area contributed by atoms with Gasteiger partial charge >= 0.3 is 12.1 Å². The van der Waals surface area contributed by atoms with Crippen molar-refractivity contribution < 1.29 is 28.7 Å². The van der Waals surface area contributed by atoms with Crippen molar-refractivity contribution in [3.8, 4) is 11.1 Å². The van der Waals surface area contributed by atoms with E-state index in [0.29, 0.717) is 0 Å². The Morgan fingerprint density at radius 1 is 0.775 bits per heavy atom. The molecule has 3 amide bonds. The summed E-state index contributed by atoms with van der Waals surface area (Å²) < 4.78 is 10.0. The highest BCUT2D eigenvalue weighted by atomic mass is 16.5. The second kappa shape index (κ2) is 12.5. The highest BCUT2D eigenvalue weighted by Gasteiger charge is 2.44. The molecule has 0 aromatic heterocycles. The van der Waals surface area contributed by atoms with Gasteiger partial charge in [-0.15, -0.1) is 0 Å². The normalized spacial score (nSPS) is 14.7. The number of amides is 3. The summed E-state index contributed by atoms with van der Waals surface area (Å²) in [4.78, 5) is 52.0. The standard InChI is InChI=1S/C31H33N3O6/c1-20(33-30(38)40-19-22-11-5-4-6-12-22)27(35)34-31(29(37)32-21(2)28(36)39-3)17-23-13-7-9-15-25(23)26-16-10-8-14-24(26)18-31/h4-16,20-21H,17-19H2,1-3H3,(H,32,37)(H,33,38)(H,34,35)/t20-,21-/m0/s1. The number of benzene rings is 3. The number of carbonyl (C=O) groups is 4. The molecule has 0 saturated heterocycles. The molecule has 0 spiro atoms. The molecule has 0 radical (unpaired) electrons. The monoisotopic (exact) mass is 543 g/mol. The Morgan fingerprint density at radius 2 is 1.32 bits per heavy atom. The van der Waals surface area contributed by atoms with E-state index in [-0.39, 0.29) is 19.4 Å². The lowest BCUT2D eigenvalue weighted by Crippen LogP contribution is -2.65. The van der Waals surface area contributed by atoms with Crippen LogP contribution in [0.3, 0.4) is 0 Å². The fraction of sp³-hybridized carbons (Fsp3) is 0.290. The molecular weight excluding hydrogens is 510 g/mol. The van der Waals surface area contributed by atoms with Gasteiger partial charge in [-0.1, -0.05) is 78.9 Å². The highest BCUT2D eigenvalue weighted by Crippen LogP contribution is 2.36. The fourth-order valence-electron chi connectivity index (χ4n) is 4.81. The van der Waals surface area contributed by atoms with Gasteiger partial charge in [0.05, 0.1) is 7.11 Å². The lowest BCUT2D eigenvalue weighted by Gasteiger charge is -2.35. The topological polar surface area (TPSA) is 123 Å². The van der Waals surface area contributed by atoms with E-state index < -0.39 is 41.5 Å². The lowest BCUT2D eigenvalue weighted by molar-refractivity contribution is -0.145. The molecule has 3 aromatic rings. The lowest BCUT2D eigenvalue weighted by atomic mass is 9.84. The third kappa shape index (κ3) is 6.48. The van der Waals surface area contributed by atoms with Gasteiger partial charge in [0.25, 0.3) is 0 Å². The number of alkyl carbamates (subject to hydrolysis) is 1. The zero-order valence-corrected chi connectivity index (χ0v) is 22.7. The zero-order chi connectivity index (χ0) is 28.7. The van der Waals surface area contributed by atoms with E-state index in [2.05, 4.69) is 16.0 Å². The molecule has 40 heavy (non-hydrogen) atoms. The van der Waals surface area contributed by atoms with Crippen LogP contribution in [-0.4, -0.2) is 48.6 Å². The van der Waals surface area contributed by atoms with E-state index in [4.69, 9.17) is 9.47 Å². The minimum Gasteiger partial charge on any atom is -0.467 e. The maximum Gasteiger partial charge on any atom is 0.408 e. The fourth-order valence-corrected chi connectivity index (χ4v) is 4.81. The van der Waals surface area contributed by atoms with E-state index in [1.54, 1.807) is 0 Å². The van der Waals surface area contributed by atoms with E-state index in [9.17, 15) is 19.2 Å². The minimum absolute atomic E-state index is 0.0480. The number of carbonyl (C=O) groups excluding carboxylic acids is 4. The molecule has 0 unspecified atom stereocenters. The van der Waals surface area contributed by atoms with Crippen molar-refractivity contribution in [2.75, 3.05) is 7.11 Å². The maximum atomic E-state index is 13.9. The maximum absolute atomic E-state index is 13.9. The van der Waals surface area contributed by atoms with Crippen molar-refractivity contribution in [3.05, 3.63) is 95.6 Å². The van der Waals surface area contributed by atoms with Crippen LogP contribution < -0.4 is 16.0 Å². The van der Waals surface area contributed by atoms with E-state index in [1.807, 2.05) is 78.9 Å². The zero-order valence-electron chi connectivity index (χ0n) is 22.7. The molecule has 0 bridgehead atoms. The molecule has 3 N–H and O–H groups in total. The molecule has 0 heterocycles. The van der Waals surface area contributed by atoms with E-state index in [1.165, 1.54) is 21.0 Å². The van der Waals surface area contributed by atoms with Crippen molar-refractivity contribution in [1.82, 2.24) is 16.0 Å². The van der Waals surface area contributed by atoms with Crippen LogP contribution in [0.1, 0.15) is 30.5 Å². The number of fused-ring (bicyclic) bond motifs is 3. The summed E-state index contributed by atoms with van der Waals surface area (Å²) in [5, 5.41) is 8.17. The summed E-state index contributed by atoms with van der Waals surface area (Å²) in [6, 6.07) is 22.6. The SMILES string of the molecule is COC(=O)[C@H](C)NC(=O)C1(NC(=O)[C@H](C)NC(=O)OCc2ccccc2)Cc2ccccc2-c2ccccc2C1. The summed E-state index contributed by atoms with van der Waals surface area (Å²) in [7, 11) is 1.24. The summed E-state index contributed by atoms with van der Waals surface area (Å²) in [5.41, 5.74) is 2.97. The van der Waals surface area contributed by atoms with Gasteiger partial charge in [0.1, 0.15) is 24.2 Å². The number of hydrogen-bond donors (Lipinski definition) is 3. The Labute approximate surface area is 233 Å². The van der Waals surface area contributed by atoms with Crippen molar-refractivity contribution in [2.45, 2.75) is 50.9 Å². The third-order valence-electron chi connectivity index (χ3n) is 6.95. The van der Waals surface area contributed by atoms with Crippen LogP contribution in [-0.2, 0) is 43.3 Å². The number of nitrogens with one attached hydrogen (secondary N) is 3. The van der Waals surface area contributed by atoms with Crippen LogP contribution in [0.2, 0.25) is 0 Å². The summed E-state index contributed by atoms with van der Waals surface area (Å²) in [5.74, 6) is -1.72. The Hall–Kier alpha value is -4.66. The first-order chi connectivity index (χ1) is 19.2. The van der Waals surface area contributed by atoms with Gasteiger partial charge in [-0.25, -0.2) is 9.59 Å². The predicted molar refractivity (Wildman–Crippen MR) is 149 cm³/mol. The first-order valence-corrected chi connectivity index (χ1v) is 13.1. The van der Waals surface area contributed by atoms with Crippen LogP contribution in [0, 0.1) is 0 Å². The van der Waals surface area contributed by atoms with Crippen LogP contribution >= 0.6 is 0 Å². The Bertz CT molecular complexity index is 1340. The molecule has 1 aliphatic carbocycles. The van der Waals surface area contributed by atoms with Gasteiger partial charge in [0, 0.05) is 12.8 Å². The molecule has 9 heteroatoms. The van der Waals surface area contributed by atoms with Gasteiger partial charge in [-0.2, -0.15) is 0 Å². The van der Waals surface area contributed by atoms with Gasteiger partial charge in [0.15, 0.2) is 0 Å². The van der Waals surface area contributed by atoms with Crippen LogP contribution in [0.15, 0.2) is 78.9 Å². The molecule has 9 nitrogen and oxygen atoms in total. The smallest absolute Gasteiger partial charge is 0.408 e. The Kier molecular flexibility index (Phi) is 8.83. The quantitative estimate of drug-likeness (QED) is 0.375. The first-order valence-electron chi connectivity index (χ1n) is 13.1. The van der Waals surface area contributed by atoms with Crippen LogP contribution in [0.4, 0.5) is 4.79 Å². The number of hydrogen-bond acceptors (Lipinski definition) is 6. The highest BCUT2D eigenvalue weighted by molar-refractivity contribution is 5.97. The predicted octanol–water partition coefficient (Wildman–Crippen LogP) is 3.30. The molecule has 0 saturated carbocycles. The number of methoxy groups -OCH3 is 1. The second-order valence-electron chi connectivity index (χ2n) is 9.89. The molecule has 208 valence electrons. The molecular formula is C31H33N3O6. The van der Waals surface area contributed by atoms with Crippen molar-refractivity contribution in [3.63, 3.8) is 0 Å². The Balaban J connectivity index is 1.60. The van der Waals surface area contributed by atoms with Gasteiger partial charge in [0.2, 0.25) is 11.8 Å². The van der Waals surface area contributed by atoms with Crippen LogP contribution in [0.25, 0.3) is 11.1 Å². The number of rotatable bonds is 8. The third-order valence-corrected chi connectivity index (χ3v) is 6.95. The minimum atomic E-state index is -1.47. The van der Waals surface area contributed by atoms with Gasteiger partial charge in [-0.3, -0.25) is 9.59 Å². The van der Waals surface area contributed by atoms with Crippen molar-refractivity contribution in [2.24, 2.45) is 0 Å². The van der Waals surface area contributed by atoms with Crippen molar-refractivity contribution >= 4 is 23.9 Å². The van der Waals surface area contributed by atoms with Crippen LogP contribution in [0.5, 0.6) is 0 Å². The molecule has 4 rings (SSSR count). The summed E-state index contributed by atoms with van der Waals surface area (Å²) >= 11 is 0. The van der Waals surface area contributed by atoms with E-state index >= 15 is 0 Å². The Morgan fingerprint density at radius 3 is 1.90 bits per heavy atom. The average Bonchev–Trinajstić information content (AvgIpc) is 3.10. The molecule has 0 aliphatic heterocycles. The largest absolute Gasteiger partial charge is 0.467 e. The molecule has 2 atom stereocenters. The van der Waals surface area contributed by atoms with Gasteiger partial charge < -0.3 is 25.4 Å². The first kappa shape index (κ1) is 28.4. The summed E-state index contributed by atoms with van der Waals surface area (Å²) in [6.45, 7) is 3.08. The molecule has 3 aromatic carbocycles. The summed E-state index contributed by atoms with van der Waals surface area (Å²) in [6.07, 6.45) is -0.441. The molecule has 0 fully saturated rings. The second-order valence-corrected chi connectivity index (χ2v) is 9.89. The van der Waals surface area contributed by atoms with Crippen molar-refractivity contribution in [1.29, 1.82) is 0 Å². The number of esters is 1. The number of ether oxygens (including phenoxy) is 2. The average molecular weight is 544 g/mol. The van der Waals surface area contributed by atoms with E-state index in [0.717, 1.165) is 27.8 Å². The van der Waals surface area contributed by atoms with Gasteiger partial charge in [-0.05, 0) is 41.7 Å². The molecule has 1 aliphatic rings.